The van der Waals surface area contributed by atoms with E-state index in [-0.39, 0.29) is 0 Å². The zero-order valence-electron chi connectivity index (χ0n) is 5.71. The van der Waals surface area contributed by atoms with E-state index in [2.05, 4.69) is 37.8 Å². The lowest BCUT2D eigenvalue weighted by Crippen LogP contribution is -1.28. The molecule has 0 radical (unpaired) electrons. The summed E-state index contributed by atoms with van der Waals surface area (Å²) in [6.45, 7) is 0. The first-order valence-corrected chi connectivity index (χ1v) is 6.63. The smallest absolute Gasteiger partial charge is 0.00793 e. The van der Waals surface area contributed by atoms with Gasteiger partial charge in [-0.1, -0.05) is 21.6 Å². The predicted molar refractivity (Wildman–Crippen MR) is 56.9 cm³/mol. The van der Waals surface area contributed by atoms with Gasteiger partial charge in [0.15, 0.2) is 0 Å². The van der Waals surface area contributed by atoms with Gasteiger partial charge in [-0.2, -0.15) is 25.3 Å². The Kier molecular flexibility index (Phi) is 80.5. The third kappa shape index (κ3) is 52.6. The molecule has 0 aromatic carbocycles. The third-order valence-electron chi connectivity index (χ3n) is 0.167. The van der Waals surface area contributed by atoms with Crippen LogP contribution >= 0.6 is 46.8 Å². The molecule has 0 saturated heterocycles. The SMILES string of the molecule is CS.CS.CSSC. The van der Waals surface area contributed by atoms with Gasteiger partial charge in [0, 0.05) is 0 Å². The molecular weight excluding hydrogens is 176 g/mol. The Morgan fingerprint density at radius 1 is 0.750 bits per heavy atom. The molecule has 0 saturated carbocycles. The fourth-order valence-corrected chi connectivity index (χ4v) is 0. The van der Waals surface area contributed by atoms with Crippen LogP contribution in [0.2, 0.25) is 0 Å². The number of thiol groups is 2. The second kappa shape index (κ2) is 39.8. The Hall–Kier alpha value is 1.40. The summed E-state index contributed by atoms with van der Waals surface area (Å²) in [7, 11) is 3.55. The maximum absolute atomic E-state index is 3.53. The Balaban J connectivity index is -0.0000000542. The minimum Gasteiger partial charge on any atom is -0.183 e. The number of rotatable bonds is 1. The van der Waals surface area contributed by atoms with E-state index in [1.807, 2.05) is 0 Å². The van der Waals surface area contributed by atoms with Crippen LogP contribution in [0.5, 0.6) is 0 Å². The molecule has 0 nitrogen and oxygen atoms in total. The molecule has 0 atom stereocenters. The molecule has 54 valence electrons. The molecule has 0 bridgehead atoms. The van der Waals surface area contributed by atoms with E-state index in [1.165, 1.54) is 0 Å². The lowest BCUT2D eigenvalue weighted by Gasteiger charge is -1.69. The fraction of sp³-hybridized carbons (Fsp3) is 1.00. The van der Waals surface area contributed by atoms with E-state index < -0.39 is 0 Å². The molecule has 0 aromatic heterocycles. The third-order valence-corrected chi connectivity index (χ3v) is 1.50. The van der Waals surface area contributed by atoms with E-state index in [4.69, 9.17) is 0 Å². The molecule has 0 fully saturated rings. The summed E-state index contributed by atoms with van der Waals surface area (Å²) < 4.78 is 0. The van der Waals surface area contributed by atoms with Crippen molar-refractivity contribution in [2.75, 3.05) is 25.0 Å². The molecule has 0 amide bonds. The van der Waals surface area contributed by atoms with Crippen LogP contribution in [0, 0.1) is 0 Å². The van der Waals surface area contributed by atoms with Crippen LogP contribution in [0.4, 0.5) is 0 Å². The largest absolute Gasteiger partial charge is 0.183 e. The lowest BCUT2D eigenvalue weighted by atomic mass is 12.0. The van der Waals surface area contributed by atoms with Gasteiger partial charge in [0.05, 0.1) is 0 Å². The molecule has 0 rings (SSSR count). The molecule has 0 N–H and O–H groups in total. The van der Waals surface area contributed by atoms with E-state index in [0.717, 1.165) is 0 Å². The second-order valence-electron chi connectivity index (χ2n) is 0.333. The summed E-state index contributed by atoms with van der Waals surface area (Å²) in [5.74, 6) is 0. The Morgan fingerprint density at radius 2 is 0.875 bits per heavy atom. The van der Waals surface area contributed by atoms with Crippen LogP contribution in [0.3, 0.4) is 0 Å². The van der Waals surface area contributed by atoms with Crippen molar-refractivity contribution in [2.45, 2.75) is 0 Å². The van der Waals surface area contributed by atoms with Crippen molar-refractivity contribution in [3.63, 3.8) is 0 Å². The van der Waals surface area contributed by atoms with E-state index in [0.29, 0.717) is 0 Å². The first-order chi connectivity index (χ1) is 3.91. The van der Waals surface area contributed by atoms with Crippen LogP contribution < -0.4 is 0 Å². The second-order valence-corrected chi connectivity index (χ2v) is 3.00. The maximum atomic E-state index is 3.53. The standard InChI is InChI=1S/C2H6S2.2CH4S/c1-3-4-2;2*1-2/h1-2H3;2*2H,1H3. The van der Waals surface area contributed by atoms with Crippen molar-refractivity contribution in [1.29, 1.82) is 0 Å². The summed E-state index contributed by atoms with van der Waals surface area (Å²) in [6.07, 6.45) is 7.51. The number of hydrogen-bond donors (Lipinski definition) is 2. The van der Waals surface area contributed by atoms with Crippen LogP contribution in [-0.4, -0.2) is 25.0 Å². The lowest BCUT2D eigenvalue weighted by molar-refractivity contribution is 2.51. The van der Waals surface area contributed by atoms with Gasteiger partial charge >= 0.3 is 0 Å². The van der Waals surface area contributed by atoms with Crippen LogP contribution in [0.15, 0.2) is 0 Å². The highest BCUT2D eigenvalue weighted by atomic mass is 33.1. The summed E-state index contributed by atoms with van der Waals surface area (Å²) in [5, 5.41) is 0. The van der Waals surface area contributed by atoms with E-state index >= 15 is 0 Å². The quantitative estimate of drug-likeness (QED) is 0.482. The minimum absolute atomic E-state index is 1.69. The van der Waals surface area contributed by atoms with Crippen molar-refractivity contribution < 1.29 is 0 Å². The molecule has 0 aliphatic rings. The van der Waals surface area contributed by atoms with E-state index in [9.17, 15) is 0 Å². The van der Waals surface area contributed by atoms with Gasteiger partial charge in [0.1, 0.15) is 0 Å². The van der Waals surface area contributed by atoms with Crippen LogP contribution in [0.25, 0.3) is 0 Å². The first-order valence-electron chi connectivity index (χ1n) is 1.88. The molecule has 0 aliphatic carbocycles. The average Bonchev–Trinajstić information content (AvgIpc) is 1.96. The highest BCUT2D eigenvalue weighted by molar-refractivity contribution is 8.76. The topological polar surface area (TPSA) is 0 Å². The van der Waals surface area contributed by atoms with Gasteiger partial charge < -0.3 is 0 Å². The van der Waals surface area contributed by atoms with Crippen molar-refractivity contribution in [3.05, 3.63) is 0 Å². The van der Waals surface area contributed by atoms with Gasteiger partial charge in [0.2, 0.25) is 0 Å². The zero-order chi connectivity index (χ0) is 7.41. The van der Waals surface area contributed by atoms with Gasteiger partial charge in [-0.15, -0.1) is 0 Å². The average molecular weight is 190 g/mol. The maximum Gasteiger partial charge on any atom is -0.00793 e. The molecule has 0 heterocycles. The number of hydrogen-bond acceptors (Lipinski definition) is 4. The highest BCUT2D eigenvalue weighted by Crippen LogP contribution is 2.09. The first kappa shape index (κ1) is 16.2. The predicted octanol–water partition coefficient (Wildman–Crippen LogP) is 2.72. The van der Waals surface area contributed by atoms with Crippen molar-refractivity contribution in [3.8, 4) is 0 Å². The normalized spacial score (nSPS) is 5.25. The summed E-state index contributed by atoms with van der Waals surface area (Å²) in [4.78, 5) is 0. The molecule has 0 spiro atoms. The summed E-state index contributed by atoms with van der Waals surface area (Å²) in [5.41, 5.74) is 0. The zero-order valence-corrected chi connectivity index (χ0v) is 9.13. The van der Waals surface area contributed by atoms with E-state index in [1.54, 1.807) is 34.1 Å². The molecule has 4 heteroatoms. The van der Waals surface area contributed by atoms with Gasteiger partial charge in [-0.25, -0.2) is 0 Å². The monoisotopic (exact) mass is 190 g/mol. The van der Waals surface area contributed by atoms with Gasteiger partial charge in [-0.3, -0.25) is 0 Å². The molecule has 0 aromatic rings. The van der Waals surface area contributed by atoms with Crippen molar-refractivity contribution >= 4 is 46.8 Å². The molecular formula is C4H14S4. The molecule has 0 aliphatic heterocycles. The van der Waals surface area contributed by atoms with Gasteiger partial charge in [0.25, 0.3) is 0 Å². The summed E-state index contributed by atoms with van der Waals surface area (Å²) >= 11 is 7.06. The molecule has 8 heavy (non-hydrogen) atoms. The Bertz CT molecular complexity index is 10.0. The van der Waals surface area contributed by atoms with Crippen molar-refractivity contribution in [2.24, 2.45) is 0 Å². The van der Waals surface area contributed by atoms with Crippen LogP contribution in [-0.2, 0) is 0 Å². The summed E-state index contributed by atoms with van der Waals surface area (Å²) in [6, 6.07) is 0. The minimum atomic E-state index is 1.69. The highest BCUT2D eigenvalue weighted by Gasteiger charge is 1.55. The van der Waals surface area contributed by atoms with Crippen molar-refractivity contribution in [1.82, 2.24) is 0 Å². The molecule has 0 unspecified atom stereocenters. The fourth-order valence-electron chi connectivity index (χ4n) is 0. The Morgan fingerprint density at radius 3 is 0.875 bits per heavy atom. The Labute approximate surface area is 71.8 Å². The van der Waals surface area contributed by atoms with Gasteiger partial charge in [-0.05, 0) is 25.0 Å². The van der Waals surface area contributed by atoms with Crippen LogP contribution in [0.1, 0.15) is 0 Å².